The highest BCUT2D eigenvalue weighted by atomic mass is 32.2. The van der Waals surface area contributed by atoms with Gasteiger partial charge in [-0.3, -0.25) is 4.79 Å². The summed E-state index contributed by atoms with van der Waals surface area (Å²) in [6.45, 7) is 2.14. The molecule has 1 heterocycles. The van der Waals surface area contributed by atoms with E-state index in [0.717, 1.165) is 25.7 Å². The smallest absolute Gasteiger partial charge is 0.180 e. The van der Waals surface area contributed by atoms with Gasteiger partial charge in [0.15, 0.2) is 15.6 Å². The molecule has 110 valence electrons. The van der Waals surface area contributed by atoms with Crippen LogP contribution < -0.4 is 0 Å². The van der Waals surface area contributed by atoms with Gasteiger partial charge in [-0.25, -0.2) is 8.42 Å². The van der Waals surface area contributed by atoms with Crippen molar-refractivity contribution in [3.8, 4) is 0 Å². The largest absolute Gasteiger partial charge is 0.293 e. The second-order valence-corrected chi connectivity index (χ2v) is 7.82. The van der Waals surface area contributed by atoms with E-state index in [1.165, 1.54) is 5.56 Å². The van der Waals surface area contributed by atoms with Gasteiger partial charge >= 0.3 is 0 Å². The fourth-order valence-corrected chi connectivity index (χ4v) is 4.53. The molecular weight excluding hydrogens is 272 g/mol. The van der Waals surface area contributed by atoms with Crippen molar-refractivity contribution in [3.63, 3.8) is 0 Å². The molecule has 0 aliphatic carbocycles. The summed E-state index contributed by atoms with van der Waals surface area (Å²) in [5.74, 6) is -0.0791. The van der Waals surface area contributed by atoms with E-state index in [1.807, 2.05) is 12.1 Å². The molecule has 1 aliphatic rings. The Bertz CT molecular complexity index is 558. The van der Waals surface area contributed by atoms with Gasteiger partial charge in [-0.1, -0.05) is 44.0 Å². The lowest BCUT2D eigenvalue weighted by Crippen LogP contribution is -2.35. The Labute approximate surface area is 121 Å². The molecule has 1 fully saturated rings. The minimum absolute atomic E-state index is 0.151. The van der Waals surface area contributed by atoms with Crippen molar-refractivity contribution in [2.75, 3.05) is 5.75 Å². The molecule has 1 atom stereocenters. The third kappa shape index (κ3) is 3.48. The first-order valence-electron chi connectivity index (χ1n) is 7.39. The highest BCUT2D eigenvalue weighted by Gasteiger charge is 2.35. The standard InChI is InChI=1S/C16H22O3S/c1-2-3-6-13-8-10-14(11-9-13)16(17)15-7-4-5-12-20(15,18)19/h8-11,15H,2-7,12H2,1H3. The van der Waals surface area contributed by atoms with Gasteiger partial charge in [-0.05, 0) is 31.2 Å². The number of benzene rings is 1. The van der Waals surface area contributed by atoms with Gasteiger partial charge in [-0.15, -0.1) is 0 Å². The molecule has 0 radical (unpaired) electrons. The Hall–Kier alpha value is -1.16. The van der Waals surface area contributed by atoms with E-state index in [2.05, 4.69) is 6.92 Å². The lowest BCUT2D eigenvalue weighted by molar-refractivity contribution is 0.0981. The van der Waals surface area contributed by atoms with Crippen LogP contribution in [0.5, 0.6) is 0 Å². The Balaban J connectivity index is 2.12. The zero-order valence-corrected chi connectivity index (χ0v) is 12.8. The van der Waals surface area contributed by atoms with Crippen LogP contribution in [0.15, 0.2) is 24.3 Å². The average Bonchev–Trinajstić information content (AvgIpc) is 2.44. The van der Waals surface area contributed by atoms with E-state index < -0.39 is 15.1 Å². The van der Waals surface area contributed by atoms with E-state index in [1.54, 1.807) is 12.1 Å². The first-order chi connectivity index (χ1) is 9.54. The average molecular weight is 294 g/mol. The Morgan fingerprint density at radius 2 is 1.90 bits per heavy atom. The number of sulfone groups is 1. The predicted octanol–water partition coefficient (Wildman–Crippen LogP) is 3.18. The number of carbonyl (C=O) groups excluding carboxylic acids is 1. The Morgan fingerprint density at radius 1 is 1.20 bits per heavy atom. The quantitative estimate of drug-likeness (QED) is 0.784. The number of rotatable bonds is 5. The van der Waals surface area contributed by atoms with Crippen molar-refractivity contribution in [1.82, 2.24) is 0 Å². The fraction of sp³-hybridized carbons (Fsp3) is 0.562. The van der Waals surface area contributed by atoms with Crippen LogP contribution in [0.1, 0.15) is 54.9 Å². The number of carbonyl (C=O) groups is 1. The molecule has 1 unspecified atom stereocenters. The molecule has 1 aliphatic heterocycles. The molecule has 0 aromatic heterocycles. The topological polar surface area (TPSA) is 51.2 Å². The number of hydrogen-bond donors (Lipinski definition) is 0. The van der Waals surface area contributed by atoms with Crippen molar-refractivity contribution >= 4 is 15.6 Å². The maximum atomic E-state index is 12.4. The number of aryl methyl sites for hydroxylation is 1. The van der Waals surface area contributed by atoms with Gasteiger partial charge < -0.3 is 0 Å². The number of Topliss-reactive ketones (excluding diaryl/α,β-unsaturated/α-hetero) is 1. The van der Waals surface area contributed by atoms with Crippen molar-refractivity contribution < 1.29 is 13.2 Å². The number of hydrogen-bond acceptors (Lipinski definition) is 3. The van der Waals surface area contributed by atoms with Gasteiger partial charge in [0.2, 0.25) is 0 Å². The van der Waals surface area contributed by atoms with Crippen LogP contribution in [-0.4, -0.2) is 25.2 Å². The molecule has 3 nitrogen and oxygen atoms in total. The van der Waals surface area contributed by atoms with Crippen LogP contribution in [0.2, 0.25) is 0 Å². The second-order valence-electron chi connectivity index (χ2n) is 5.52. The molecule has 2 rings (SSSR count). The minimum atomic E-state index is -3.24. The third-order valence-corrected chi connectivity index (χ3v) is 6.10. The summed E-state index contributed by atoms with van der Waals surface area (Å²) in [5.41, 5.74) is 1.73. The summed E-state index contributed by atoms with van der Waals surface area (Å²) >= 11 is 0. The van der Waals surface area contributed by atoms with Gasteiger partial charge in [0.05, 0.1) is 5.75 Å². The first-order valence-corrected chi connectivity index (χ1v) is 9.11. The molecule has 0 N–H and O–H groups in total. The summed E-state index contributed by atoms with van der Waals surface area (Å²) in [5, 5.41) is -0.822. The minimum Gasteiger partial charge on any atom is -0.293 e. The lowest BCUT2D eigenvalue weighted by Gasteiger charge is -2.21. The van der Waals surface area contributed by atoms with Gasteiger partial charge in [0.25, 0.3) is 0 Å². The molecule has 0 amide bonds. The van der Waals surface area contributed by atoms with E-state index in [4.69, 9.17) is 0 Å². The maximum Gasteiger partial charge on any atom is 0.180 e. The monoisotopic (exact) mass is 294 g/mol. The van der Waals surface area contributed by atoms with Crippen LogP contribution in [-0.2, 0) is 16.3 Å². The zero-order chi connectivity index (χ0) is 14.6. The van der Waals surface area contributed by atoms with Crippen molar-refractivity contribution in [2.24, 2.45) is 0 Å². The molecule has 4 heteroatoms. The molecular formula is C16H22O3S. The predicted molar refractivity (Wildman–Crippen MR) is 80.8 cm³/mol. The second kappa shape index (κ2) is 6.53. The summed E-state index contributed by atoms with van der Waals surface area (Å²) < 4.78 is 24.0. The highest BCUT2D eigenvalue weighted by molar-refractivity contribution is 7.92. The normalized spacial score (nSPS) is 21.6. The summed E-state index contributed by atoms with van der Waals surface area (Å²) in [7, 11) is -3.24. The number of ketones is 1. The van der Waals surface area contributed by atoms with Gasteiger partial charge in [0.1, 0.15) is 5.25 Å². The van der Waals surface area contributed by atoms with E-state index in [9.17, 15) is 13.2 Å². The van der Waals surface area contributed by atoms with E-state index >= 15 is 0 Å². The van der Waals surface area contributed by atoms with Crippen LogP contribution >= 0.6 is 0 Å². The Kier molecular flexibility index (Phi) is 4.97. The van der Waals surface area contributed by atoms with Crippen LogP contribution in [0.25, 0.3) is 0 Å². The fourth-order valence-electron chi connectivity index (χ4n) is 2.65. The molecule has 1 aromatic carbocycles. The first kappa shape index (κ1) is 15.2. The molecule has 0 bridgehead atoms. The highest BCUT2D eigenvalue weighted by Crippen LogP contribution is 2.23. The summed E-state index contributed by atoms with van der Waals surface area (Å²) in [6.07, 6.45) is 5.25. The molecule has 1 saturated heterocycles. The molecule has 1 aromatic rings. The van der Waals surface area contributed by atoms with Gasteiger partial charge in [-0.2, -0.15) is 0 Å². The third-order valence-electron chi connectivity index (χ3n) is 3.93. The number of unbranched alkanes of at least 4 members (excludes halogenated alkanes) is 1. The summed E-state index contributed by atoms with van der Waals surface area (Å²) in [6, 6.07) is 7.44. The van der Waals surface area contributed by atoms with Crippen molar-refractivity contribution in [3.05, 3.63) is 35.4 Å². The maximum absolute atomic E-state index is 12.4. The van der Waals surface area contributed by atoms with Crippen LogP contribution in [0.3, 0.4) is 0 Å². The SMILES string of the molecule is CCCCc1ccc(C(=O)C2CCCCS2(=O)=O)cc1. The molecule has 0 spiro atoms. The van der Waals surface area contributed by atoms with E-state index in [-0.39, 0.29) is 11.5 Å². The van der Waals surface area contributed by atoms with Crippen molar-refractivity contribution in [1.29, 1.82) is 0 Å². The lowest BCUT2D eigenvalue weighted by atomic mass is 10.0. The van der Waals surface area contributed by atoms with Crippen LogP contribution in [0, 0.1) is 0 Å². The Morgan fingerprint density at radius 3 is 2.50 bits per heavy atom. The van der Waals surface area contributed by atoms with E-state index in [0.29, 0.717) is 18.4 Å². The summed E-state index contributed by atoms with van der Waals surface area (Å²) in [4.78, 5) is 12.4. The van der Waals surface area contributed by atoms with Gasteiger partial charge in [0, 0.05) is 5.56 Å². The molecule has 0 saturated carbocycles. The van der Waals surface area contributed by atoms with Crippen molar-refractivity contribution in [2.45, 2.75) is 50.7 Å². The zero-order valence-electron chi connectivity index (χ0n) is 12.0. The molecule has 20 heavy (non-hydrogen) atoms. The van der Waals surface area contributed by atoms with Crippen LogP contribution in [0.4, 0.5) is 0 Å².